The van der Waals surface area contributed by atoms with Crippen LogP contribution in [0.2, 0.25) is 0 Å². The van der Waals surface area contributed by atoms with Crippen LogP contribution >= 0.6 is 0 Å². The van der Waals surface area contributed by atoms with Gasteiger partial charge in [-0.1, -0.05) is 6.07 Å². The number of benzene rings is 1. The predicted molar refractivity (Wildman–Crippen MR) is 134 cm³/mol. The fourth-order valence-corrected chi connectivity index (χ4v) is 5.43. The molecule has 10 heteroatoms. The molecule has 1 unspecified atom stereocenters. The summed E-state index contributed by atoms with van der Waals surface area (Å²) in [7, 11) is 2.03. The number of carbonyl (C=O) groups is 1. The minimum absolute atomic E-state index is 0.0139. The first-order valence-electron chi connectivity index (χ1n) is 12.1. The van der Waals surface area contributed by atoms with Gasteiger partial charge >= 0.3 is 0 Å². The van der Waals surface area contributed by atoms with Crippen molar-refractivity contribution in [2.45, 2.75) is 24.9 Å². The van der Waals surface area contributed by atoms with Crippen molar-refractivity contribution < 1.29 is 14.3 Å². The molecule has 1 aromatic carbocycles. The number of pyridine rings is 2. The number of hydrogen-bond acceptors (Lipinski definition) is 8. The molecule has 5 heterocycles. The van der Waals surface area contributed by atoms with E-state index in [1.54, 1.807) is 22.8 Å². The molecular weight excluding hydrogens is 460 g/mol. The molecule has 1 amide bonds. The van der Waals surface area contributed by atoms with Crippen molar-refractivity contribution in [1.29, 1.82) is 5.26 Å². The summed E-state index contributed by atoms with van der Waals surface area (Å²) in [5, 5.41) is 13.1. The highest BCUT2D eigenvalue weighted by Crippen LogP contribution is 2.35. The van der Waals surface area contributed by atoms with Gasteiger partial charge in [-0.15, -0.1) is 0 Å². The van der Waals surface area contributed by atoms with Crippen LogP contribution in [0.1, 0.15) is 24.4 Å². The van der Waals surface area contributed by atoms with Crippen LogP contribution in [0.4, 0.5) is 11.6 Å². The molecule has 36 heavy (non-hydrogen) atoms. The number of aromatic nitrogens is 2. The van der Waals surface area contributed by atoms with E-state index in [4.69, 9.17) is 9.47 Å². The number of ether oxygens (including phenoxy) is 2. The molecule has 2 aromatic heterocycles. The number of piperidine rings is 1. The minimum atomic E-state index is -0.198. The first kappa shape index (κ1) is 22.4. The molecule has 10 nitrogen and oxygen atoms in total. The van der Waals surface area contributed by atoms with Crippen LogP contribution in [0.5, 0.6) is 11.5 Å². The van der Waals surface area contributed by atoms with Gasteiger partial charge in [0.15, 0.2) is 23.9 Å². The van der Waals surface area contributed by atoms with Gasteiger partial charge in [-0.25, -0.2) is 4.98 Å². The van der Waals surface area contributed by atoms with Crippen LogP contribution in [0.3, 0.4) is 0 Å². The molecule has 1 saturated heterocycles. The van der Waals surface area contributed by atoms with Crippen LogP contribution in [0, 0.1) is 11.3 Å². The summed E-state index contributed by atoms with van der Waals surface area (Å²) in [6.45, 7) is 2.84. The molecule has 3 aliphatic rings. The average molecular weight is 487 g/mol. The maximum atomic E-state index is 12.9. The van der Waals surface area contributed by atoms with Crippen LogP contribution < -0.4 is 25.2 Å². The smallest absolute Gasteiger partial charge is 0.263 e. The van der Waals surface area contributed by atoms with Gasteiger partial charge in [0.05, 0.1) is 17.1 Å². The van der Waals surface area contributed by atoms with Gasteiger partial charge in [0.1, 0.15) is 18.5 Å². The Labute approximate surface area is 207 Å². The fourth-order valence-electron chi connectivity index (χ4n) is 5.43. The van der Waals surface area contributed by atoms with Crippen molar-refractivity contribution in [3.8, 4) is 17.6 Å². The van der Waals surface area contributed by atoms with E-state index < -0.39 is 0 Å². The maximum Gasteiger partial charge on any atom is 0.263 e. The Kier molecular flexibility index (Phi) is 5.49. The number of anilines is 2. The highest BCUT2D eigenvalue weighted by molar-refractivity contribution is 5.94. The van der Waals surface area contributed by atoms with E-state index in [0.717, 1.165) is 37.1 Å². The number of carbonyl (C=O) groups excluding carboxylic acids is 1. The third kappa shape index (κ3) is 3.82. The quantitative estimate of drug-likeness (QED) is 0.597. The molecule has 0 saturated carbocycles. The number of amides is 1. The van der Waals surface area contributed by atoms with Crippen LogP contribution in [-0.2, 0) is 4.79 Å². The van der Waals surface area contributed by atoms with Crippen molar-refractivity contribution >= 4 is 28.4 Å². The third-order valence-corrected chi connectivity index (χ3v) is 7.35. The lowest BCUT2D eigenvalue weighted by molar-refractivity contribution is -0.118. The molecule has 184 valence electrons. The first-order valence-corrected chi connectivity index (χ1v) is 12.1. The zero-order chi connectivity index (χ0) is 24.8. The number of fused-ring (bicyclic) bond motifs is 1. The lowest BCUT2D eigenvalue weighted by atomic mass is 10.0. The number of likely N-dealkylation sites (tertiary alicyclic amines) is 1. The van der Waals surface area contributed by atoms with E-state index in [-0.39, 0.29) is 24.1 Å². The van der Waals surface area contributed by atoms with E-state index in [2.05, 4.69) is 26.2 Å². The monoisotopic (exact) mass is 486 g/mol. The van der Waals surface area contributed by atoms with E-state index in [0.29, 0.717) is 47.6 Å². The molecule has 1 atom stereocenters. The van der Waals surface area contributed by atoms with Gasteiger partial charge in [-0.05, 0) is 37.1 Å². The topological polar surface area (TPSA) is 113 Å². The van der Waals surface area contributed by atoms with Gasteiger partial charge in [0.2, 0.25) is 0 Å². The van der Waals surface area contributed by atoms with Crippen LogP contribution in [0.25, 0.3) is 10.9 Å². The van der Waals surface area contributed by atoms with E-state index in [1.807, 2.05) is 25.2 Å². The van der Waals surface area contributed by atoms with E-state index in [9.17, 15) is 14.9 Å². The summed E-state index contributed by atoms with van der Waals surface area (Å²) in [5.41, 5.74) is 1.09. The van der Waals surface area contributed by atoms with Crippen molar-refractivity contribution in [3.05, 3.63) is 52.3 Å². The zero-order valence-electron chi connectivity index (χ0n) is 19.9. The van der Waals surface area contributed by atoms with Gasteiger partial charge in [0.25, 0.3) is 11.5 Å². The largest absolute Gasteiger partial charge is 0.488 e. The summed E-state index contributed by atoms with van der Waals surface area (Å²) in [6.07, 6.45) is 1.89. The molecule has 3 aliphatic heterocycles. The van der Waals surface area contributed by atoms with Crippen LogP contribution in [0.15, 0.2) is 41.2 Å². The Morgan fingerprint density at radius 1 is 1.14 bits per heavy atom. The maximum absolute atomic E-state index is 12.9. The number of hydrogen-bond donors (Lipinski definition) is 1. The summed E-state index contributed by atoms with van der Waals surface area (Å²) >= 11 is 0. The second kappa shape index (κ2) is 8.84. The fraction of sp³-hybridized carbons (Fsp3) is 0.385. The third-order valence-electron chi connectivity index (χ3n) is 7.35. The summed E-state index contributed by atoms with van der Waals surface area (Å²) in [6, 6.07) is 13.1. The Morgan fingerprint density at radius 3 is 2.75 bits per heavy atom. The highest BCUT2D eigenvalue weighted by Gasteiger charge is 2.30. The van der Waals surface area contributed by atoms with Crippen LogP contribution in [-0.4, -0.2) is 66.3 Å². The molecule has 0 spiro atoms. The number of nitrogens with zero attached hydrogens (tertiary/aromatic N) is 5. The molecule has 6 rings (SSSR count). The van der Waals surface area contributed by atoms with Gasteiger partial charge in [0, 0.05) is 44.2 Å². The average Bonchev–Trinajstić information content (AvgIpc) is 2.90. The molecule has 0 aliphatic carbocycles. The van der Waals surface area contributed by atoms with Gasteiger partial charge < -0.3 is 24.6 Å². The van der Waals surface area contributed by atoms with Gasteiger partial charge in [-0.2, -0.15) is 5.26 Å². The Bertz CT molecular complexity index is 1450. The number of rotatable bonds is 4. The number of nitriles is 1. The predicted octanol–water partition coefficient (Wildman–Crippen LogP) is 2.13. The molecule has 3 aromatic rings. The second-order valence-corrected chi connectivity index (χ2v) is 9.49. The molecule has 0 radical (unpaired) electrons. The summed E-state index contributed by atoms with van der Waals surface area (Å²) in [5.74, 6) is 2.15. The van der Waals surface area contributed by atoms with Crippen molar-refractivity contribution in [1.82, 2.24) is 14.5 Å². The standard InChI is InChI=1S/C26H26N6O4/c1-30(21-6-5-20-26(28-21)29-22(33)15-35-20)18-8-10-31(11-9-18)13-19-14-36-25-17(12-27)3-2-16-4-7-23(34)32(19)24(16)25/h2-7,18-19H,8-11,13-15H2,1H3,(H,28,29,33). The van der Waals surface area contributed by atoms with Crippen molar-refractivity contribution in [2.75, 3.05) is 50.1 Å². The molecule has 0 bridgehead atoms. The summed E-state index contributed by atoms with van der Waals surface area (Å²) < 4.78 is 13.3. The van der Waals surface area contributed by atoms with E-state index in [1.165, 1.54) is 0 Å². The lowest BCUT2D eigenvalue weighted by Gasteiger charge is -2.39. The lowest BCUT2D eigenvalue weighted by Crippen LogP contribution is -2.47. The zero-order valence-corrected chi connectivity index (χ0v) is 19.9. The Hall–Kier alpha value is -4.10. The second-order valence-electron chi connectivity index (χ2n) is 9.49. The Balaban J connectivity index is 1.15. The molecular formula is C26H26N6O4. The molecule has 1 N–H and O–H groups in total. The normalized spacial score (nSPS) is 19.6. The van der Waals surface area contributed by atoms with Crippen molar-refractivity contribution in [2.24, 2.45) is 0 Å². The van der Waals surface area contributed by atoms with Crippen molar-refractivity contribution in [3.63, 3.8) is 0 Å². The molecule has 1 fully saturated rings. The van der Waals surface area contributed by atoms with Gasteiger partial charge in [-0.3, -0.25) is 14.2 Å². The minimum Gasteiger partial charge on any atom is -0.488 e. The SMILES string of the molecule is CN(c1ccc2c(n1)NC(=O)CO2)C1CCN(CC2COc3c(C#N)ccc4ccc(=O)n2c34)CC1. The highest BCUT2D eigenvalue weighted by atomic mass is 16.5. The Morgan fingerprint density at radius 2 is 1.94 bits per heavy atom. The first-order chi connectivity index (χ1) is 17.5. The number of nitrogens with one attached hydrogen (secondary N) is 1. The van der Waals surface area contributed by atoms with E-state index >= 15 is 0 Å². The summed E-state index contributed by atoms with van der Waals surface area (Å²) in [4.78, 5) is 33.7.